The van der Waals surface area contributed by atoms with Gasteiger partial charge in [-0.3, -0.25) is 0 Å². The van der Waals surface area contributed by atoms with Crippen LogP contribution in [0.3, 0.4) is 0 Å². The highest BCUT2D eigenvalue weighted by Gasteiger charge is 2.12. The lowest BCUT2D eigenvalue weighted by atomic mass is 10.1. The predicted molar refractivity (Wildman–Crippen MR) is 74.2 cm³/mol. The van der Waals surface area contributed by atoms with Crippen LogP contribution in [0, 0.1) is 11.7 Å². The number of benzene rings is 1. The molecule has 1 rings (SSSR count). The summed E-state index contributed by atoms with van der Waals surface area (Å²) in [6, 6.07) is 3.87. The van der Waals surface area contributed by atoms with Crippen LogP contribution in [0.1, 0.15) is 25.5 Å². The zero-order valence-electron chi connectivity index (χ0n) is 11.9. The van der Waals surface area contributed by atoms with Gasteiger partial charge < -0.3 is 20.5 Å². The van der Waals surface area contributed by atoms with E-state index in [4.69, 9.17) is 9.84 Å². The molecule has 2 amide bonds. The van der Waals surface area contributed by atoms with Crippen molar-refractivity contribution in [2.75, 3.05) is 20.3 Å². The van der Waals surface area contributed by atoms with E-state index in [1.165, 1.54) is 19.2 Å². The van der Waals surface area contributed by atoms with Crippen molar-refractivity contribution in [1.82, 2.24) is 10.6 Å². The van der Waals surface area contributed by atoms with Gasteiger partial charge in [-0.2, -0.15) is 0 Å². The van der Waals surface area contributed by atoms with Crippen molar-refractivity contribution in [3.8, 4) is 5.75 Å². The van der Waals surface area contributed by atoms with Crippen molar-refractivity contribution in [2.45, 2.75) is 19.9 Å². The summed E-state index contributed by atoms with van der Waals surface area (Å²) in [5, 5.41) is 14.2. The number of aliphatic hydroxyl groups is 1. The Morgan fingerprint density at radius 1 is 1.45 bits per heavy atom. The summed E-state index contributed by atoms with van der Waals surface area (Å²) in [4.78, 5) is 11.6. The summed E-state index contributed by atoms with van der Waals surface area (Å²) >= 11 is 0. The van der Waals surface area contributed by atoms with Crippen molar-refractivity contribution < 1.29 is 19.0 Å². The first-order valence-corrected chi connectivity index (χ1v) is 6.46. The number of rotatable bonds is 6. The Bertz CT molecular complexity index is 454. The van der Waals surface area contributed by atoms with Crippen LogP contribution in [0.4, 0.5) is 9.18 Å². The summed E-state index contributed by atoms with van der Waals surface area (Å²) in [6.07, 6.45) is 0. The average Bonchev–Trinajstić information content (AvgIpc) is 2.44. The summed E-state index contributed by atoms with van der Waals surface area (Å²) in [5.41, 5.74) is 0.647. The zero-order valence-corrected chi connectivity index (χ0v) is 11.9. The van der Waals surface area contributed by atoms with E-state index in [1.54, 1.807) is 13.0 Å². The van der Waals surface area contributed by atoms with E-state index in [2.05, 4.69) is 10.6 Å². The van der Waals surface area contributed by atoms with Crippen LogP contribution >= 0.6 is 0 Å². The number of aliphatic hydroxyl groups excluding tert-OH is 1. The Hall–Kier alpha value is -1.82. The number of hydrogen-bond acceptors (Lipinski definition) is 3. The Kier molecular flexibility index (Phi) is 6.24. The van der Waals surface area contributed by atoms with E-state index in [1.807, 2.05) is 6.92 Å². The van der Waals surface area contributed by atoms with Crippen molar-refractivity contribution in [3.63, 3.8) is 0 Å². The average molecular weight is 284 g/mol. The zero-order chi connectivity index (χ0) is 15.1. The lowest BCUT2D eigenvalue weighted by molar-refractivity contribution is 0.220. The van der Waals surface area contributed by atoms with E-state index in [-0.39, 0.29) is 30.3 Å². The highest BCUT2D eigenvalue weighted by molar-refractivity contribution is 5.74. The maximum absolute atomic E-state index is 13.6. The van der Waals surface area contributed by atoms with Crippen molar-refractivity contribution in [1.29, 1.82) is 0 Å². The van der Waals surface area contributed by atoms with Crippen molar-refractivity contribution >= 4 is 6.03 Å². The first kappa shape index (κ1) is 16.2. The highest BCUT2D eigenvalue weighted by atomic mass is 19.1. The second kappa shape index (κ2) is 7.69. The molecule has 3 N–H and O–H groups in total. The van der Waals surface area contributed by atoms with Crippen LogP contribution in [-0.2, 0) is 0 Å². The van der Waals surface area contributed by atoms with Gasteiger partial charge in [-0.05, 0) is 30.5 Å². The maximum Gasteiger partial charge on any atom is 0.315 e. The molecule has 5 nitrogen and oxygen atoms in total. The molecule has 2 unspecified atom stereocenters. The molecule has 0 saturated carbocycles. The van der Waals surface area contributed by atoms with Gasteiger partial charge in [0.25, 0.3) is 0 Å². The topological polar surface area (TPSA) is 70.6 Å². The van der Waals surface area contributed by atoms with Gasteiger partial charge in [-0.15, -0.1) is 0 Å². The summed E-state index contributed by atoms with van der Waals surface area (Å²) in [6.45, 7) is 3.98. The normalized spacial score (nSPS) is 13.4. The van der Waals surface area contributed by atoms with Gasteiger partial charge in [0.1, 0.15) is 0 Å². The second-order valence-corrected chi connectivity index (χ2v) is 4.76. The van der Waals surface area contributed by atoms with E-state index in [0.717, 1.165) is 0 Å². The SMILES string of the molecule is COc1ccc(C(C)NC(=O)NCC(C)CO)cc1F. The van der Waals surface area contributed by atoms with Crippen molar-refractivity contribution in [3.05, 3.63) is 29.6 Å². The molecule has 112 valence electrons. The summed E-state index contributed by atoms with van der Waals surface area (Å²) in [5.74, 6) is -0.301. The third kappa shape index (κ3) is 4.70. The number of ether oxygens (including phenoxy) is 1. The molecular formula is C14H21FN2O3. The Labute approximate surface area is 118 Å². The number of hydrogen-bond donors (Lipinski definition) is 3. The van der Waals surface area contributed by atoms with Crippen LogP contribution in [0.2, 0.25) is 0 Å². The molecule has 0 aliphatic rings. The smallest absolute Gasteiger partial charge is 0.315 e. The molecule has 1 aromatic rings. The Morgan fingerprint density at radius 3 is 2.70 bits per heavy atom. The number of halogens is 1. The van der Waals surface area contributed by atoms with Crippen LogP contribution in [0.25, 0.3) is 0 Å². The minimum atomic E-state index is -0.465. The first-order valence-electron chi connectivity index (χ1n) is 6.46. The molecule has 2 atom stereocenters. The summed E-state index contributed by atoms with van der Waals surface area (Å²) in [7, 11) is 1.40. The fraction of sp³-hybridized carbons (Fsp3) is 0.500. The van der Waals surface area contributed by atoms with Crippen LogP contribution in [0.5, 0.6) is 5.75 Å². The number of urea groups is 1. The third-order valence-corrected chi connectivity index (χ3v) is 2.95. The van der Waals surface area contributed by atoms with E-state index >= 15 is 0 Å². The molecule has 0 saturated heterocycles. The van der Waals surface area contributed by atoms with E-state index in [9.17, 15) is 9.18 Å². The number of nitrogens with one attached hydrogen (secondary N) is 2. The van der Waals surface area contributed by atoms with Crippen LogP contribution in [-0.4, -0.2) is 31.4 Å². The van der Waals surface area contributed by atoms with Gasteiger partial charge in [-0.1, -0.05) is 13.0 Å². The molecule has 1 aromatic carbocycles. The van der Waals surface area contributed by atoms with Crippen LogP contribution in [0.15, 0.2) is 18.2 Å². The number of methoxy groups -OCH3 is 1. The van der Waals surface area contributed by atoms with Gasteiger partial charge >= 0.3 is 6.03 Å². The van der Waals surface area contributed by atoms with E-state index < -0.39 is 5.82 Å². The lowest BCUT2D eigenvalue weighted by Gasteiger charge is -2.17. The van der Waals surface area contributed by atoms with Crippen molar-refractivity contribution in [2.24, 2.45) is 5.92 Å². The molecule has 20 heavy (non-hydrogen) atoms. The Morgan fingerprint density at radius 2 is 2.15 bits per heavy atom. The number of carbonyl (C=O) groups is 1. The van der Waals surface area contributed by atoms with Gasteiger partial charge in [0, 0.05) is 13.2 Å². The molecule has 0 bridgehead atoms. The van der Waals surface area contributed by atoms with Crippen LogP contribution < -0.4 is 15.4 Å². The van der Waals surface area contributed by atoms with Gasteiger partial charge in [0.2, 0.25) is 0 Å². The molecule has 0 fully saturated rings. The first-order chi connectivity index (χ1) is 9.47. The number of carbonyl (C=O) groups excluding carboxylic acids is 1. The maximum atomic E-state index is 13.6. The summed E-state index contributed by atoms with van der Waals surface area (Å²) < 4.78 is 18.4. The molecule has 6 heteroatoms. The quantitative estimate of drug-likeness (QED) is 0.746. The highest BCUT2D eigenvalue weighted by Crippen LogP contribution is 2.21. The van der Waals surface area contributed by atoms with Gasteiger partial charge in [-0.25, -0.2) is 9.18 Å². The number of amides is 2. The minimum absolute atomic E-state index is 0.00510. The molecule has 0 radical (unpaired) electrons. The largest absolute Gasteiger partial charge is 0.494 e. The molecule has 0 spiro atoms. The van der Waals surface area contributed by atoms with Gasteiger partial charge in [0.15, 0.2) is 11.6 Å². The fourth-order valence-corrected chi connectivity index (χ4v) is 1.61. The molecule has 0 aliphatic heterocycles. The molecule has 0 heterocycles. The molecule has 0 aliphatic carbocycles. The second-order valence-electron chi connectivity index (χ2n) is 4.76. The third-order valence-electron chi connectivity index (χ3n) is 2.95. The molecular weight excluding hydrogens is 263 g/mol. The predicted octanol–water partition coefficient (Wildman–Crippen LogP) is 1.82. The minimum Gasteiger partial charge on any atom is -0.494 e. The fourth-order valence-electron chi connectivity index (χ4n) is 1.61. The standard InChI is InChI=1S/C14H21FN2O3/c1-9(8-18)7-16-14(19)17-10(2)11-4-5-13(20-3)12(15)6-11/h4-6,9-10,18H,7-8H2,1-3H3,(H2,16,17,19). The molecule has 0 aromatic heterocycles. The monoisotopic (exact) mass is 284 g/mol. The van der Waals surface area contributed by atoms with Gasteiger partial charge in [0.05, 0.1) is 13.2 Å². The van der Waals surface area contributed by atoms with E-state index in [0.29, 0.717) is 12.1 Å². The Balaban J connectivity index is 2.55. The lowest BCUT2D eigenvalue weighted by Crippen LogP contribution is -2.39.